The number of hydrogen-bond acceptors (Lipinski definition) is 4. The molecule has 0 aromatic heterocycles. The zero-order valence-corrected chi connectivity index (χ0v) is 12.4. The van der Waals surface area contributed by atoms with Gasteiger partial charge in [-0.2, -0.15) is 0 Å². The van der Waals surface area contributed by atoms with Gasteiger partial charge in [-0.05, 0) is 48.6 Å². The fourth-order valence-electron chi connectivity index (χ4n) is 2.82. The van der Waals surface area contributed by atoms with Crippen molar-refractivity contribution in [3.8, 4) is 5.75 Å². The Morgan fingerprint density at radius 3 is 2.74 bits per heavy atom. The molecule has 0 radical (unpaired) electrons. The van der Waals surface area contributed by atoms with Gasteiger partial charge in [0.1, 0.15) is 5.75 Å². The number of aryl methyl sites for hydroxylation is 2. The van der Waals surface area contributed by atoms with Gasteiger partial charge in [0.05, 0.1) is 4.92 Å². The lowest BCUT2D eigenvalue weighted by molar-refractivity contribution is -0.384. The van der Waals surface area contributed by atoms with Crippen molar-refractivity contribution >= 4 is 11.6 Å². The molecule has 1 aliphatic carbocycles. The SMILES string of the molecule is O=C(NCc1cc([N+](=O)[O-])ccc1O)c1ccc2c(c1)CCC2. The van der Waals surface area contributed by atoms with Crippen LogP contribution in [-0.2, 0) is 19.4 Å². The minimum absolute atomic E-state index is 0.0312. The Morgan fingerprint density at radius 1 is 1.17 bits per heavy atom. The van der Waals surface area contributed by atoms with E-state index in [1.54, 1.807) is 6.07 Å². The lowest BCUT2D eigenvalue weighted by Crippen LogP contribution is -2.23. The molecule has 2 aromatic rings. The number of rotatable bonds is 4. The van der Waals surface area contributed by atoms with Crippen LogP contribution in [0.3, 0.4) is 0 Å². The number of non-ortho nitro benzene ring substituents is 1. The van der Waals surface area contributed by atoms with E-state index in [0.29, 0.717) is 11.1 Å². The minimum atomic E-state index is -0.536. The molecule has 118 valence electrons. The molecular formula is C17H16N2O4. The number of aromatic hydroxyl groups is 1. The molecule has 0 atom stereocenters. The van der Waals surface area contributed by atoms with E-state index in [9.17, 15) is 20.0 Å². The fourth-order valence-corrected chi connectivity index (χ4v) is 2.82. The van der Waals surface area contributed by atoms with Crippen LogP contribution in [0.4, 0.5) is 5.69 Å². The number of amides is 1. The molecule has 6 nitrogen and oxygen atoms in total. The normalized spacial score (nSPS) is 12.7. The van der Waals surface area contributed by atoms with E-state index in [4.69, 9.17) is 0 Å². The van der Waals surface area contributed by atoms with Crippen LogP contribution < -0.4 is 5.32 Å². The molecule has 0 heterocycles. The number of benzene rings is 2. The number of nitro groups is 1. The summed E-state index contributed by atoms with van der Waals surface area (Å²) in [5.41, 5.74) is 3.25. The van der Waals surface area contributed by atoms with Gasteiger partial charge in [-0.15, -0.1) is 0 Å². The van der Waals surface area contributed by atoms with E-state index in [1.807, 2.05) is 12.1 Å². The molecule has 23 heavy (non-hydrogen) atoms. The number of carbonyl (C=O) groups excluding carboxylic acids is 1. The molecule has 3 rings (SSSR count). The Hall–Kier alpha value is -2.89. The first-order valence-electron chi connectivity index (χ1n) is 7.41. The van der Waals surface area contributed by atoms with Crippen molar-refractivity contribution in [1.29, 1.82) is 0 Å². The topological polar surface area (TPSA) is 92.5 Å². The number of carbonyl (C=O) groups is 1. The van der Waals surface area contributed by atoms with Crippen LogP contribution in [0.1, 0.15) is 33.5 Å². The third kappa shape index (κ3) is 3.15. The lowest BCUT2D eigenvalue weighted by atomic mass is 10.1. The monoisotopic (exact) mass is 312 g/mol. The number of nitro benzene ring substituents is 1. The first-order chi connectivity index (χ1) is 11.0. The van der Waals surface area contributed by atoms with E-state index in [-0.39, 0.29) is 23.9 Å². The summed E-state index contributed by atoms with van der Waals surface area (Å²) in [4.78, 5) is 22.5. The summed E-state index contributed by atoms with van der Waals surface area (Å²) in [7, 11) is 0. The molecular weight excluding hydrogens is 296 g/mol. The van der Waals surface area contributed by atoms with Gasteiger partial charge < -0.3 is 10.4 Å². The third-order valence-corrected chi connectivity index (χ3v) is 4.07. The molecule has 0 saturated carbocycles. The third-order valence-electron chi connectivity index (χ3n) is 4.07. The number of hydrogen-bond donors (Lipinski definition) is 2. The molecule has 1 amide bonds. The molecule has 0 aliphatic heterocycles. The van der Waals surface area contributed by atoms with Gasteiger partial charge in [-0.25, -0.2) is 0 Å². The van der Waals surface area contributed by atoms with E-state index in [2.05, 4.69) is 5.32 Å². The molecule has 0 bridgehead atoms. The highest BCUT2D eigenvalue weighted by Crippen LogP contribution is 2.24. The van der Waals surface area contributed by atoms with E-state index in [1.165, 1.54) is 29.3 Å². The van der Waals surface area contributed by atoms with E-state index in [0.717, 1.165) is 19.3 Å². The molecule has 1 aliphatic rings. The number of nitrogens with zero attached hydrogens (tertiary/aromatic N) is 1. The van der Waals surface area contributed by atoms with E-state index < -0.39 is 4.92 Å². The van der Waals surface area contributed by atoms with Gasteiger partial charge in [0, 0.05) is 29.8 Å². The van der Waals surface area contributed by atoms with Crippen molar-refractivity contribution in [2.24, 2.45) is 0 Å². The van der Waals surface area contributed by atoms with Gasteiger partial charge in [-0.3, -0.25) is 14.9 Å². The van der Waals surface area contributed by atoms with Crippen LogP contribution >= 0.6 is 0 Å². The Morgan fingerprint density at radius 2 is 1.96 bits per heavy atom. The highest BCUT2D eigenvalue weighted by Gasteiger charge is 2.15. The van der Waals surface area contributed by atoms with Gasteiger partial charge in [0.25, 0.3) is 11.6 Å². The molecule has 0 saturated heterocycles. The Balaban J connectivity index is 1.72. The van der Waals surface area contributed by atoms with Crippen LogP contribution in [0.15, 0.2) is 36.4 Å². The summed E-state index contributed by atoms with van der Waals surface area (Å²) in [6.45, 7) is 0.0312. The Labute approximate surface area is 132 Å². The summed E-state index contributed by atoms with van der Waals surface area (Å²) in [5.74, 6) is -0.338. The molecule has 2 aromatic carbocycles. The minimum Gasteiger partial charge on any atom is -0.508 e. The van der Waals surface area contributed by atoms with Crippen molar-refractivity contribution < 1.29 is 14.8 Å². The predicted octanol–water partition coefficient (Wildman–Crippen LogP) is 2.72. The highest BCUT2D eigenvalue weighted by molar-refractivity contribution is 5.94. The number of phenols is 1. The maximum Gasteiger partial charge on any atom is 0.270 e. The maximum absolute atomic E-state index is 12.2. The summed E-state index contributed by atoms with van der Waals surface area (Å²) in [6, 6.07) is 9.40. The zero-order chi connectivity index (χ0) is 16.4. The Bertz CT molecular complexity index is 786. The largest absolute Gasteiger partial charge is 0.508 e. The van der Waals surface area contributed by atoms with Crippen LogP contribution in [0.5, 0.6) is 5.75 Å². The van der Waals surface area contributed by atoms with Crippen molar-refractivity contribution in [1.82, 2.24) is 5.32 Å². The highest BCUT2D eigenvalue weighted by atomic mass is 16.6. The van der Waals surface area contributed by atoms with Gasteiger partial charge in [0.2, 0.25) is 0 Å². The van der Waals surface area contributed by atoms with Crippen LogP contribution in [0, 0.1) is 10.1 Å². The first-order valence-corrected chi connectivity index (χ1v) is 7.41. The smallest absolute Gasteiger partial charge is 0.270 e. The number of phenolic OH excluding ortho intramolecular Hbond substituents is 1. The molecule has 0 unspecified atom stereocenters. The summed E-state index contributed by atoms with van der Waals surface area (Å²) in [6.07, 6.45) is 3.16. The van der Waals surface area contributed by atoms with Gasteiger partial charge in [0.15, 0.2) is 0 Å². The van der Waals surface area contributed by atoms with Crippen molar-refractivity contribution in [2.75, 3.05) is 0 Å². The molecule has 0 spiro atoms. The zero-order valence-electron chi connectivity index (χ0n) is 12.4. The van der Waals surface area contributed by atoms with E-state index >= 15 is 0 Å². The number of nitrogens with one attached hydrogen (secondary N) is 1. The summed E-state index contributed by atoms with van der Waals surface area (Å²) in [5, 5.41) is 23.2. The van der Waals surface area contributed by atoms with Gasteiger partial charge >= 0.3 is 0 Å². The molecule has 6 heteroatoms. The molecule has 0 fully saturated rings. The first kappa shape index (κ1) is 15.0. The average Bonchev–Trinajstić information content (AvgIpc) is 3.01. The summed E-state index contributed by atoms with van der Waals surface area (Å²) < 4.78 is 0. The van der Waals surface area contributed by atoms with Crippen molar-refractivity contribution in [2.45, 2.75) is 25.8 Å². The second kappa shape index (κ2) is 6.08. The van der Waals surface area contributed by atoms with Crippen LogP contribution in [0.25, 0.3) is 0 Å². The predicted molar refractivity (Wildman–Crippen MR) is 84.4 cm³/mol. The van der Waals surface area contributed by atoms with Crippen LogP contribution in [0.2, 0.25) is 0 Å². The standard InChI is InChI=1S/C17H16N2O4/c20-16-7-6-15(19(22)23)9-14(16)10-18-17(21)13-5-4-11-2-1-3-12(11)8-13/h4-9,20H,1-3,10H2,(H,18,21). The molecule has 2 N–H and O–H groups in total. The summed E-state index contributed by atoms with van der Waals surface area (Å²) >= 11 is 0. The lowest BCUT2D eigenvalue weighted by Gasteiger charge is -2.08. The average molecular weight is 312 g/mol. The van der Waals surface area contributed by atoms with Crippen LogP contribution in [-0.4, -0.2) is 15.9 Å². The van der Waals surface area contributed by atoms with Crippen molar-refractivity contribution in [3.05, 3.63) is 68.8 Å². The second-order valence-corrected chi connectivity index (χ2v) is 5.59. The van der Waals surface area contributed by atoms with Crippen molar-refractivity contribution in [3.63, 3.8) is 0 Å². The van der Waals surface area contributed by atoms with Gasteiger partial charge in [-0.1, -0.05) is 6.07 Å². The fraction of sp³-hybridized carbons (Fsp3) is 0.235. The second-order valence-electron chi connectivity index (χ2n) is 5.59. The maximum atomic E-state index is 12.2. The quantitative estimate of drug-likeness (QED) is 0.670. The number of fused-ring (bicyclic) bond motifs is 1. The Kier molecular flexibility index (Phi) is 3.97.